The number of hydrogen-bond donors (Lipinski definition) is 1. The van der Waals surface area contributed by atoms with Crippen molar-refractivity contribution in [1.29, 1.82) is 0 Å². The molecule has 0 aliphatic heterocycles. The Hall–Kier alpha value is -2.66. The van der Waals surface area contributed by atoms with Crippen molar-refractivity contribution in [2.75, 3.05) is 0 Å². The molecule has 1 heterocycles. The summed E-state index contributed by atoms with van der Waals surface area (Å²) in [5.74, 6) is 0.463. The zero-order chi connectivity index (χ0) is 18.0. The van der Waals surface area contributed by atoms with Gasteiger partial charge in [0.05, 0.1) is 23.6 Å². The average molecular weight is 356 g/mol. The van der Waals surface area contributed by atoms with Crippen LogP contribution in [0.15, 0.2) is 48.5 Å². The van der Waals surface area contributed by atoms with E-state index in [0.29, 0.717) is 16.4 Å². The number of Topliss-reactive ketones (excluding diaryl/α,β-unsaturated/α-hetero) is 1. The first-order chi connectivity index (χ1) is 12.0. The van der Waals surface area contributed by atoms with Gasteiger partial charge in [-0.1, -0.05) is 23.7 Å². The van der Waals surface area contributed by atoms with Crippen molar-refractivity contribution in [3.8, 4) is 0 Å². The predicted octanol–water partition coefficient (Wildman–Crippen LogP) is 3.77. The monoisotopic (exact) mass is 355 g/mol. The van der Waals surface area contributed by atoms with Gasteiger partial charge in [0, 0.05) is 17.5 Å². The highest BCUT2D eigenvalue weighted by molar-refractivity contribution is 6.30. The minimum Gasteiger partial charge on any atom is -0.347 e. The van der Waals surface area contributed by atoms with Crippen molar-refractivity contribution < 1.29 is 9.59 Å². The molecule has 5 nitrogen and oxygen atoms in total. The Balaban J connectivity index is 1.99. The molecule has 2 aromatic carbocycles. The van der Waals surface area contributed by atoms with Gasteiger partial charge in [0.2, 0.25) is 5.91 Å². The van der Waals surface area contributed by atoms with Gasteiger partial charge in [0.25, 0.3) is 0 Å². The molecule has 1 aromatic heterocycles. The van der Waals surface area contributed by atoms with Crippen molar-refractivity contribution in [3.05, 3.63) is 64.9 Å². The number of para-hydroxylation sites is 2. The van der Waals surface area contributed by atoms with Gasteiger partial charge in [0.15, 0.2) is 5.78 Å². The zero-order valence-electron chi connectivity index (χ0n) is 14.0. The normalized spacial score (nSPS) is 12.1. The number of halogens is 1. The molecule has 6 heteroatoms. The molecular formula is C19H18ClN3O2. The van der Waals surface area contributed by atoms with Crippen LogP contribution in [0.1, 0.15) is 36.1 Å². The molecule has 1 N–H and O–H groups in total. The van der Waals surface area contributed by atoms with Crippen molar-refractivity contribution in [1.82, 2.24) is 14.9 Å². The molecule has 0 fully saturated rings. The second-order valence-electron chi connectivity index (χ2n) is 5.90. The third-order valence-corrected chi connectivity index (χ3v) is 4.21. The first-order valence-electron chi connectivity index (χ1n) is 7.96. The SMILES string of the molecule is CC(=O)NC(C)c1nc2ccccc2n1CC(=O)c1ccc(Cl)cc1. The van der Waals surface area contributed by atoms with Crippen molar-refractivity contribution in [3.63, 3.8) is 0 Å². The van der Waals surface area contributed by atoms with E-state index in [9.17, 15) is 9.59 Å². The smallest absolute Gasteiger partial charge is 0.217 e. The lowest BCUT2D eigenvalue weighted by molar-refractivity contribution is -0.119. The molecule has 0 radical (unpaired) electrons. The Kier molecular flexibility index (Phi) is 4.86. The molecule has 0 saturated carbocycles. The molecule has 3 rings (SSSR count). The minimum absolute atomic E-state index is 0.0453. The van der Waals surface area contributed by atoms with Gasteiger partial charge in [-0.3, -0.25) is 9.59 Å². The summed E-state index contributed by atoms with van der Waals surface area (Å²) < 4.78 is 1.85. The number of ketones is 1. The number of amides is 1. The van der Waals surface area contributed by atoms with Crippen LogP contribution < -0.4 is 5.32 Å². The van der Waals surface area contributed by atoms with Crippen LogP contribution >= 0.6 is 11.6 Å². The molecule has 0 bridgehead atoms. The number of benzene rings is 2. The fraction of sp³-hybridized carbons (Fsp3) is 0.211. The molecule has 0 aliphatic rings. The van der Waals surface area contributed by atoms with Crippen LogP contribution in [0, 0.1) is 0 Å². The number of rotatable bonds is 5. The average Bonchev–Trinajstić information content (AvgIpc) is 2.94. The number of carbonyl (C=O) groups is 2. The minimum atomic E-state index is -0.303. The first-order valence-corrected chi connectivity index (χ1v) is 8.34. The molecule has 0 saturated heterocycles. The van der Waals surface area contributed by atoms with E-state index in [1.165, 1.54) is 6.92 Å². The van der Waals surface area contributed by atoms with Crippen molar-refractivity contribution in [2.45, 2.75) is 26.4 Å². The number of nitrogens with one attached hydrogen (secondary N) is 1. The second kappa shape index (κ2) is 7.07. The van der Waals surface area contributed by atoms with Gasteiger partial charge in [-0.25, -0.2) is 4.98 Å². The van der Waals surface area contributed by atoms with E-state index >= 15 is 0 Å². The van der Waals surface area contributed by atoms with Crippen LogP contribution in [-0.2, 0) is 11.3 Å². The summed E-state index contributed by atoms with van der Waals surface area (Å²) in [7, 11) is 0. The van der Waals surface area contributed by atoms with Gasteiger partial charge >= 0.3 is 0 Å². The fourth-order valence-electron chi connectivity index (χ4n) is 2.83. The number of fused-ring (bicyclic) bond motifs is 1. The summed E-state index contributed by atoms with van der Waals surface area (Å²) >= 11 is 5.89. The van der Waals surface area contributed by atoms with Crippen LogP contribution in [0.25, 0.3) is 11.0 Å². The van der Waals surface area contributed by atoms with Gasteiger partial charge in [0.1, 0.15) is 5.82 Å². The highest BCUT2D eigenvalue weighted by Gasteiger charge is 2.19. The van der Waals surface area contributed by atoms with E-state index in [1.54, 1.807) is 24.3 Å². The molecule has 1 unspecified atom stereocenters. The molecule has 0 spiro atoms. The molecule has 1 atom stereocenters. The number of aromatic nitrogens is 2. The lowest BCUT2D eigenvalue weighted by Gasteiger charge is -2.15. The molecule has 25 heavy (non-hydrogen) atoms. The zero-order valence-corrected chi connectivity index (χ0v) is 14.7. The highest BCUT2D eigenvalue weighted by Crippen LogP contribution is 2.22. The lowest BCUT2D eigenvalue weighted by Crippen LogP contribution is -2.27. The predicted molar refractivity (Wildman–Crippen MR) is 97.7 cm³/mol. The summed E-state index contributed by atoms with van der Waals surface area (Å²) in [5.41, 5.74) is 2.23. The Labute approximate surface area is 150 Å². The number of hydrogen-bond acceptors (Lipinski definition) is 3. The standard InChI is InChI=1S/C19H18ClN3O2/c1-12(21-13(2)24)19-22-16-5-3-4-6-17(16)23(19)11-18(25)14-7-9-15(20)10-8-14/h3-10,12H,11H2,1-2H3,(H,21,24). The Bertz CT molecular complexity index is 931. The summed E-state index contributed by atoms with van der Waals surface area (Å²) in [6.07, 6.45) is 0. The van der Waals surface area contributed by atoms with Crippen LogP contribution in [-0.4, -0.2) is 21.2 Å². The summed E-state index contributed by atoms with van der Waals surface area (Å²) in [6.45, 7) is 3.45. The quantitative estimate of drug-likeness (QED) is 0.708. The maximum absolute atomic E-state index is 12.7. The lowest BCUT2D eigenvalue weighted by atomic mass is 10.1. The first kappa shape index (κ1) is 17.2. The van der Waals surface area contributed by atoms with E-state index in [1.807, 2.05) is 35.8 Å². The van der Waals surface area contributed by atoms with Crippen molar-refractivity contribution in [2.24, 2.45) is 0 Å². The van der Waals surface area contributed by atoms with Crippen LogP contribution in [0.3, 0.4) is 0 Å². The molecular weight excluding hydrogens is 338 g/mol. The van der Waals surface area contributed by atoms with E-state index in [0.717, 1.165) is 11.0 Å². The summed E-state index contributed by atoms with van der Waals surface area (Å²) in [6, 6.07) is 14.1. The van der Waals surface area contributed by atoms with E-state index < -0.39 is 0 Å². The Morgan fingerprint density at radius 3 is 2.52 bits per heavy atom. The number of imidazole rings is 1. The Morgan fingerprint density at radius 2 is 1.84 bits per heavy atom. The third-order valence-electron chi connectivity index (χ3n) is 3.96. The number of nitrogens with zero attached hydrogens (tertiary/aromatic N) is 2. The van der Waals surface area contributed by atoms with Gasteiger partial charge in [-0.15, -0.1) is 0 Å². The Morgan fingerprint density at radius 1 is 1.16 bits per heavy atom. The van der Waals surface area contributed by atoms with Gasteiger partial charge in [-0.05, 0) is 43.3 Å². The molecule has 1 amide bonds. The third kappa shape index (κ3) is 3.72. The molecule has 128 valence electrons. The number of carbonyl (C=O) groups excluding carboxylic acids is 2. The molecule has 3 aromatic rings. The summed E-state index contributed by atoms with van der Waals surface area (Å²) in [4.78, 5) is 28.7. The largest absolute Gasteiger partial charge is 0.347 e. The van der Waals surface area contributed by atoms with E-state index in [-0.39, 0.29) is 24.3 Å². The second-order valence-corrected chi connectivity index (χ2v) is 6.33. The topological polar surface area (TPSA) is 64.0 Å². The maximum Gasteiger partial charge on any atom is 0.217 e. The summed E-state index contributed by atoms with van der Waals surface area (Å²) in [5, 5.41) is 3.42. The fourth-order valence-corrected chi connectivity index (χ4v) is 2.96. The van der Waals surface area contributed by atoms with Crippen LogP contribution in [0.5, 0.6) is 0 Å². The van der Waals surface area contributed by atoms with Crippen LogP contribution in [0.4, 0.5) is 0 Å². The van der Waals surface area contributed by atoms with Gasteiger partial charge in [-0.2, -0.15) is 0 Å². The van der Waals surface area contributed by atoms with E-state index in [4.69, 9.17) is 11.6 Å². The van der Waals surface area contributed by atoms with Crippen molar-refractivity contribution >= 4 is 34.3 Å². The van der Waals surface area contributed by atoms with Gasteiger partial charge < -0.3 is 9.88 Å². The highest BCUT2D eigenvalue weighted by atomic mass is 35.5. The molecule has 0 aliphatic carbocycles. The maximum atomic E-state index is 12.7. The van der Waals surface area contributed by atoms with Crippen LogP contribution in [0.2, 0.25) is 5.02 Å². The van der Waals surface area contributed by atoms with E-state index in [2.05, 4.69) is 10.3 Å².